The average molecular weight is 293 g/mol. The molecule has 5 heteroatoms. The zero-order chi connectivity index (χ0) is 15.7. The molecule has 0 aliphatic heterocycles. The number of carboxylic acid groups (broad SMARTS) is 1. The van der Waals surface area contributed by atoms with Crippen molar-refractivity contribution in [3.8, 4) is 5.75 Å². The van der Waals surface area contributed by atoms with E-state index in [1.54, 1.807) is 12.0 Å². The van der Waals surface area contributed by atoms with E-state index in [0.29, 0.717) is 13.0 Å². The highest BCUT2D eigenvalue weighted by Crippen LogP contribution is 2.14. The smallest absolute Gasteiger partial charge is 0.305 e. The maximum absolute atomic E-state index is 12.2. The molecule has 5 nitrogen and oxygen atoms in total. The zero-order valence-corrected chi connectivity index (χ0v) is 12.7. The summed E-state index contributed by atoms with van der Waals surface area (Å²) in [5.41, 5.74) is 0.964. The molecule has 0 spiro atoms. The van der Waals surface area contributed by atoms with Gasteiger partial charge in [0.05, 0.1) is 13.5 Å². The van der Waals surface area contributed by atoms with E-state index in [4.69, 9.17) is 9.84 Å². The summed E-state index contributed by atoms with van der Waals surface area (Å²) >= 11 is 0. The van der Waals surface area contributed by atoms with Gasteiger partial charge >= 0.3 is 5.97 Å². The van der Waals surface area contributed by atoms with Gasteiger partial charge in [-0.25, -0.2) is 0 Å². The molecule has 0 aromatic heterocycles. The van der Waals surface area contributed by atoms with Gasteiger partial charge in [-0.15, -0.1) is 0 Å². The van der Waals surface area contributed by atoms with E-state index in [0.717, 1.165) is 24.2 Å². The molecule has 1 amide bonds. The van der Waals surface area contributed by atoms with Gasteiger partial charge < -0.3 is 14.7 Å². The number of hydrogen-bond donors (Lipinski definition) is 1. The third kappa shape index (κ3) is 6.29. The highest BCUT2D eigenvalue weighted by atomic mass is 16.5. The van der Waals surface area contributed by atoms with E-state index in [2.05, 4.69) is 0 Å². The quantitative estimate of drug-likeness (QED) is 0.760. The summed E-state index contributed by atoms with van der Waals surface area (Å²) in [6.07, 6.45) is 2.20. The van der Waals surface area contributed by atoms with E-state index in [1.807, 2.05) is 31.2 Å². The molecule has 0 radical (unpaired) electrons. The average Bonchev–Trinajstić information content (AvgIpc) is 2.49. The first kappa shape index (κ1) is 17.0. The van der Waals surface area contributed by atoms with Crippen LogP contribution in [0.25, 0.3) is 0 Å². The van der Waals surface area contributed by atoms with Gasteiger partial charge in [0.15, 0.2) is 0 Å². The van der Waals surface area contributed by atoms with Crippen LogP contribution in [-0.4, -0.2) is 35.5 Å². The highest BCUT2D eigenvalue weighted by molar-refractivity contribution is 5.77. The highest BCUT2D eigenvalue weighted by Gasteiger charge is 2.14. The van der Waals surface area contributed by atoms with Gasteiger partial charge in [-0.3, -0.25) is 9.59 Å². The Bertz CT molecular complexity index is 456. The maximum Gasteiger partial charge on any atom is 0.305 e. The van der Waals surface area contributed by atoms with Crippen molar-refractivity contribution in [2.24, 2.45) is 0 Å². The number of carboxylic acids is 1. The second-order valence-corrected chi connectivity index (χ2v) is 4.91. The SMILES string of the molecule is CCCCC(=O)N(CCC(=O)O)Cc1ccc(OC)cc1. The molecule has 0 bridgehead atoms. The van der Waals surface area contributed by atoms with Gasteiger partial charge in [0, 0.05) is 19.5 Å². The molecule has 21 heavy (non-hydrogen) atoms. The van der Waals surface area contributed by atoms with E-state index in [-0.39, 0.29) is 18.9 Å². The minimum Gasteiger partial charge on any atom is -0.497 e. The molecule has 116 valence electrons. The van der Waals surface area contributed by atoms with Gasteiger partial charge in [-0.2, -0.15) is 0 Å². The lowest BCUT2D eigenvalue weighted by Crippen LogP contribution is -2.32. The van der Waals surface area contributed by atoms with Crippen LogP contribution in [0.2, 0.25) is 0 Å². The fourth-order valence-electron chi connectivity index (χ4n) is 1.96. The van der Waals surface area contributed by atoms with E-state index in [1.165, 1.54) is 0 Å². The van der Waals surface area contributed by atoms with Crippen LogP contribution in [0.4, 0.5) is 0 Å². The largest absolute Gasteiger partial charge is 0.497 e. The summed E-state index contributed by atoms with van der Waals surface area (Å²) in [5.74, 6) is -0.125. The summed E-state index contributed by atoms with van der Waals surface area (Å²) < 4.78 is 5.10. The van der Waals surface area contributed by atoms with Gasteiger partial charge in [0.2, 0.25) is 5.91 Å². The third-order valence-corrected chi connectivity index (χ3v) is 3.22. The Labute approximate surface area is 125 Å². The molecule has 0 unspecified atom stereocenters. The molecule has 0 fully saturated rings. The summed E-state index contributed by atoms with van der Waals surface area (Å²) in [6, 6.07) is 7.45. The molecule has 0 saturated heterocycles. The number of benzene rings is 1. The lowest BCUT2D eigenvalue weighted by Gasteiger charge is -2.22. The molecule has 0 aliphatic rings. The molecule has 1 rings (SSSR count). The maximum atomic E-state index is 12.2. The van der Waals surface area contributed by atoms with Crippen LogP contribution in [0.5, 0.6) is 5.75 Å². The van der Waals surface area contributed by atoms with E-state index >= 15 is 0 Å². The number of carbonyl (C=O) groups is 2. The van der Waals surface area contributed by atoms with Gasteiger partial charge in [0.25, 0.3) is 0 Å². The summed E-state index contributed by atoms with van der Waals surface area (Å²) in [5, 5.41) is 8.80. The monoisotopic (exact) mass is 293 g/mol. The minimum absolute atomic E-state index is 0.00826. The fraction of sp³-hybridized carbons (Fsp3) is 0.500. The second-order valence-electron chi connectivity index (χ2n) is 4.91. The molecular formula is C16H23NO4. The van der Waals surface area contributed by atoms with Gasteiger partial charge in [-0.1, -0.05) is 25.5 Å². The van der Waals surface area contributed by atoms with Crippen LogP contribution in [0.1, 0.15) is 38.2 Å². The van der Waals surface area contributed by atoms with Crippen molar-refractivity contribution in [2.75, 3.05) is 13.7 Å². The summed E-state index contributed by atoms with van der Waals surface area (Å²) in [4.78, 5) is 24.5. The van der Waals surface area contributed by atoms with Gasteiger partial charge in [0.1, 0.15) is 5.75 Å². The molecule has 0 heterocycles. The summed E-state index contributed by atoms with van der Waals surface area (Å²) in [7, 11) is 1.60. The van der Waals surface area contributed by atoms with Crippen LogP contribution >= 0.6 is 0 Å². The Morgan fingerprint density at radius 1 is 1.19 bits per heavy atom. The van der Waals surface area contributed by atoms with Crippen LogP contribution in [0.15, 0.2) is 24.3 Å². The van der Waals surface area contributed by atoms with Crippen LogP contribution in [-0.2, 0) is 16.1 Å². The molecule has 1 N–H and O–H groups in total. The molecule has 1 aromatic carbocycles. The third-order valence-electron chi connectivity index (χ3n) is 3.22. The number of ether oxygens (including phenoxy) is 1. The Kier molecular flexibility index (Phi) is 7.29. The van der Waals surface area contributed by atoms with Crippen LogP contribution < -0.4 is 4.74 Å². The second kappa shape index (κ2) is 9.00. The Morgan fingerprint density at radius 3 is 2.38 bits per heavy atom. The van der Waals surface area contributed by atoms with E-state index in [9.17, 15) is 9.59 Å². The fourth-order valence-corrected chi connectivity index (χ4v) is 1.96. The number of methoxy groups -OCH3 is 1. The number of hydrogen-bond acceptors (Lipinski definition) is 3. The number of amides is 1. The molecular weight excluding hydrogens is 270 g/mol. The molecule has 0 saturated carbocycles. The van der Waals surface area contributed by atoms with Gasteiger partial charge in [-0.05, 0) is 24.1 Å². The molecule has 1 aromatic rings. The van der Waals surface area contributed by atoms with Crippen molar-refractivity contribution in [1.29, 1.82) is 0 Å². The first-order chi connectivity index (χ1) is 10.1. The van der Waals surface area contributed by atoms with Crippen molar-refractivity contribution < 1.29 is 19.4 Å². The zero-order valence-electron chi connectivity index (χ0n) is 12.7. The standard InChI is InChI=1S/C16H23NO4/c1-3-4-5-15(18)17(11-10-16(19)20)12-13-6-8-14(21-2)9-7-13/h6-9H,3-5,10-12H2,1-2H3,(H,19,20). The lowest BCUT2D eigenvalue weighted by atomic mass is 10.1. The Hall–Kier alpha value is -2.04. The van der Waals surface area contributed by atoms with Crippen LogP contribution in [0, 0.1) is 0 Å². The number of nitrogens with zero attached hydrogens (tertiary/aromatic N) is 1. The first-order valence-electron chi connectivity index (χ1n) is 7.19. The van der Waals surface area contributed by atoms with Crippen molar-refractivity contribution in [2.45, 2.75) is 39.2 Å². The molecule has 0 atom stereocenters. The predicted octanol–water partition coefficient (Wildman–Crippen LogP) is 2.69. The lowest BCUT2D eigenvalue weighted by molar-refractivity contribution is -0.138. The number of rotatable bonds is 9. The van der Waals surface area contributed by atoms with Crippen molar-refractivity contribution in [1.82, 2.24) is 4.90 Å². The van der Waals surface area contributed by atoms with Crippen molar-refractivity contribution in [3.05, 3.63) is 29.8 Å². The van der Waals surface area contributed by atoms with Crippen LogP contribution in [0.3, 0.4) is 0 Å². The summed E-state index contributed by atoms with van der Waals surface area (Å²) in [6.45, 7) is 2.70. The first-order valence-corrected chi connectivity index (χ1v) is 7.19. The predicted molar refractivity (Wildman–Crippen MR) is 80.2 cm³/mol. The minimum atomic E-state index is -0.891. The number of carbonyl (C=O) groups excluding carboxylic acids is 1. The normalized spacial score (nSPS) is 10.2. The Balaban J connectivity index is 2.69. The topological polar surface area (TPSA) is 66.8 Å². The Morgan fingerprint density at radius 2 is 1.86 bits per heavy atom. The molecule has 0 aliphatic carbocycles. The number of aliphatic carboxylic acids is 1. The van der Waals surface area contributed by atoms with Crippen molar-refractivity contribution in [3.63, 3.8) is 0 Å². The van der Waals surface area contributed by atoms with Crippen molar-refractivity contribution >= 4 is 11.9 Å². The van der Waals surface area contributed by atoms with E-state index < -0.39 is 5.97 Å². The number of unbranched alkanes of at least 4 members (excludes halogenated alkanes) is 1.